The summed E-state index contributed by atoms with van der Waals surface area (Å²) in [6.07, 6.45) is 0. The van der Waals surface area contributed by atoms with Crippen molar-refractivity contribution in [3.8, 4) is 0 Å². The third kappa shape index (κ3) is 2.82. The van der Waals surface area contributed by atoms with E-state index >= 15 is 0 Å². The van der Waals surface area contributed by atoms with Gasteiger partial charge in [-0.15, -0.1) is 0 Å². The number of anilines is 2. The van der Waals surface area contributed by atoms with E-state index in [0.29, 0.717) is 0 Å². The first kappa shape index (κ1) is 16.6. The van der Waals surface area contributed by atoms with Gasteiger partial charge in [0.05, 0.1) is 22.8 Å². The Bertz CT molecular complexity index is 979. The van der Waals surface area contributed by atoms with Crippen LogP contribution in [0.25, 0.3) is 0 Å². The Hall–Kier alpha value is -2.87. The van der Waals surface area contributed by atoms with Crippen LogP contribution in [0.2, 0.25) is 0 Å². The molecular weight excluding hydrogens is 316 g/mol. The monoisotopic (exact) mass is 340 g/mol. The van der Waals surface area contributed by atoms with E-state index < -0.39 is 0 Å². The molecule has 0 atom stereocenters. The van der Waals surface area contributed by atoms with Gasteiger partial charge in [0, 0.05) is 18.2 Å². The molecular formula is C24H24N2. The predicted molar refractivity (Wildman–Crippen MR) is 111 cm³/mol. The Morgan fingerprint density at radius 1 is 0.769 bits per heavy atom. The lowest BCUT2D eigenvalue weighted by Crippen LogP contribution is -2.16. The number of aliphatic imine (C=N–C) groups is 1. The molecule has 2 heteroatoms. The predicted octanol–water partition coefficient (Wildman–Crippen LogP) is 6.23. The van der Waals surface area contributed by atoms with Crippen molar-refractivity contribution in [1.82, 2.24) is 0 Å². The minimum Gasteiger partial charge on any atom is -0.342 e. The third-order valence-electron chi connectivity index (χ3n) is 5.00. The number of benzene rings is 3. The van der Waals surface area contributed by atoms with Crippen LogP contribution in [0.5, 0.6) is 0 Å². The van der Waals surface area contributed by atoms with Gasteiger partial charge in [0.25, 0.3) is 0 Å². The highest BCUT2D eigenvalue weighted by Crippen LogP contribution is 2.40. The number of para-hydroxylation sites is 2. The fraction of sp³-hybridized carbons (Fsp3) is 0.208. The van der Waals surface area contributed by atoms with Crippen LogP contribution in [-0.4, -0.2) is 12.8 Å². The van der Waals surface area contributed by atoms with Crippen LogP contribution >= 0.6 is 0 Å². The Balaban J connectivity index is 2.03. The molecule has 130 valence electrons. The summed E-state index contributed by atoms with van der Waals surface area (Å²) < 4.78 is 0. The summed E-state index contributed by atoms with van der Waals surface area (Å²) in [6.45, 7) is 6.76. The first-order chi connectivity index (χ1) is 12.4. The van der Waals surface area contributed by atoms with E-state index in [2.05, 4.69) is 99.4 Å². The molecule has 26 heavy (non-hydrogen) atoms. The normalized spacial score (nSPS) is 13.5. The SMILES string of the molecule is CN1c2ccccc2N=C(c2ccccc2)c2cc(C(C)(C)C)ccc21. The van der Waals surface area contributed by atoms with E-state index in [0.717, 1.165) is 22.6 Å². The van der Waals surface area contributed by atoms with Crippen LogP contribution < -0.4 is 4.90 Å². The number of hydrogen-bond acceptors (Lipinski definition) is 2. The van der Waals surface area contributed by atoms with Gasteiger partial charge in [-0.1, -0.05) is 69.3 Å². The number of rotatable bonds is 1. The largest absolute Gasteiger partial charge is 0.342 e. The summed E-state index contributed by atoms with van der Waals surface area (Å²) in [5.74, 6) is 0. The lowest BCUT2D eigenvalue weighted by Gasteiger charge is -2.25. The van der Waals surface area contributed by atoms with E-state index in [1.165, 1.54) is 16.8 Å². The molecule has 1 heterocycles. The molecule has 0 saturated heterocycles. The smallest absolute Gasteiger partial charge is 0.0874 e. The maximum atomic E-state index is 5.10. The van der Waals surface area contributed by atoms with Crippen molar-refractivity contribution in [2.75, 3.05) is 11.9 Å². The highest BCUT2D eigenvalue weighted by Gasteiger charge is 2.24. The van der Waals surface area contributed by atoms with Gasteiger partial charge >= 0.3 is 0 Å². The van der Waals surface area contributed by atoms with Gasteiger partial charge in [-0.05, 0) is 35.2 Å². The fourth-order valence-electron chi connectivity index (χ4n) is 3.45. The van der Waals surface area contributed by atoms with Crippen molar-refractivity contribution in [1.29, 1.82) is 0 Å². The average molecular weight is 340 g/mol. The van der Waals surface area contributed by atoms with Gasteiger partial charge in [0.15, 0.2) is 0 Å². The van der Waals surface area contributed by atoms with Crippen molar-refractivity contribution < 1.29 is 0 Å². The molecule has 0 aliphatic carbocycles. The summed E-state index contributed by atoms with van der Waals surface area (Å²) in [6, 6.07) is 25.6. The first-order valence-electron chi connectivity index (χ1n) is 9.07. The minimum absolute atomic E-state index is 0.0918. The Kier molecular flexibility index (Phi) is 3.91. The van der Waals surface area contributed by atoms with E-state index in [9.17, 15) is 0 Å². The Morgan fingerprint density at radius 3 is 2.19 bits per heavy atom. The molecule has 0 radical (unpaired) electrons. The summed E-state index contributed by atoms with van der Waals surface area (Å²) >= 11 is 0. The Labute approximate surface area is 155 Å². The Morgan fingerprint density at radius 2 is 1.46 bits per heavy atom. The second kappa shape index (κ2) is 6.14. The first-order valence-corrected chi connectivity index (χ1v) is 9.07. The molecule has 0 aromatic heterocycles. The van der Waals surface area contributed by atoms with Gasteiger partial charge < -0.3 is 4.90 Å². The maximum absolute atomic E-state index is 5.10. The number of fused-ring (bicyclic) bond motifs is 2. The molecule has 0 bridgehead atoms. The molecule has 0 unspecified atom stereocenters. The van der Waals surface area contributed by atoms with E-state index in [-0.39, 0.29) is 5.41 Å². The summed E-state index contributed by atoms with van der Waals surface area (Å²) in [5, 5.41) is 0. The lowest BCUT2D eigenvalue weighted by atomic mass is 9.84. The molecule has 3 aromatic carbocycles. The van der Waals surface area contributed by atoms with Crippen molar-refractivity contribution in [3.05, 3.63) is 89.5 Å². The standard InChI is InChI=1S/C24H24N2/c1-24(2,3)18-14-15-21-19(16-18)23(17-10-6-5-7-11-17)25-20-12-8-9-13-22(20)26(21)4/h5-16H,1-4H3. The summed E-state index contributed by atoms with van der Waals surface area (Å²) in [4.78, 5) is 7.35. The van der Waals surface area contributed by atoms with Gasteiger partial charge in [-0.3, -0.25) is 0 Å². The molecule has 0 N–H and O–H groups in total. The van der Waals surface area contributed by atoms with Crippen molar-refractivity contribution in [2.24, 2.45) is 4.99 Å². The molecule has 1 aliphatic heterocycles. The highest BCUT2D eigenvalue weighted by molar-refractivity contribution is 6.18. The van der Waals surface area contributed by atoms with Crippen LogP contribution in [0.15, 0.2) is 77.8 Å². The average Bonchev–Trinajstić information content (AvgIpc) is 2.77. The van der Waals surface area contributed by atoms with Gasteiger partial charge in [-0.2, -0.15) is 0 Å². The number of hydrogen-bond donors (Lipinski definition) is 0. The molecule has 4 rings (SSSR count). The fourth-order valence-corrected chi connectivity index (χ4v) is 3.45. The van der Waals surface area contributed by atoms with Crippen LogP contribution in [0, 0.1) is 0 Å². The number of nitrogens with zero attached hydrogens (tertiary/aromatic N) is 2. The zero-order valence-corrected chi connectivity index (χ0v) is 15.8. The maximum Gasteiger partial charge on any atom is 0.0874 e. The van der Waals surface area contributed by atoms with Gasteiger partial charge in [0.1, 0.15) is 0 Å². The zero-order valence-electron chi connectivity index (χ0n) is 15.8. The van der Waals surface area contributed by atoms with Crippen molar-refractivity contribution >= 4 is 22.8 Å². The third-order valence-corrected chi connectivity index (χ3v) is 5.00. The quantitative estimate of drug-likeness (QED) is 0.512. The molecule has 0 amide bonds. The van der Waals surface area contributed by atoms with Crippen LogP contribution in [-0.2, 0) is 5.41 Å². The summed E-state index contributed by atoms with van der Waals surface area (Å²) in [7, 11) is 2.12. The molecule has 3 aromatic rings. The molecule has 2 nitrogen and oxygen atoms in total. The zero-order chi connectivity index (χ0) is 18.3. The second-order valence-corrected chi connectivity index (χ2v) is 7.86. The van der Waals surface area contributed by atoms with E-state index in [1.54, 1.807) is 0 Å². The molecule has 0 spiro atoms. The van der Waals surface area contributed by atoms with Crippen LogP contribution in [0.1, 0.15) is 37.5 Å². The van der Waals surface area contributed by atoms with Crippen molar-refractivity contribution in [3.63, 3.8) is 0 Å². The topological polar surface area (TPSA) is 15.6 Å². The van der Waals surface area contributed by atoms with Crippen molar-refractivity contribution in [2.45, 2.75) is 26.2 Å². The summed E-state index contributed by atoms with van der Waals surface area (Å²) in [5.41, 5.74) is 8.08. The van der Waals surface area contributed by atoms with Gasteiger partial charge in [-0.25, -0.2) is 4.99 Å². The molecule has 1 aliphatic rings. The molecule has 0 fully saturated rings. The van der Waals surface area contributed by atoms with E-state index in [4.69, 9.17) is 4.99 Å². The lowest BCUT2D eigenvalue weighted by molar-refractivity contribution is 0.590. The van der Waals surface area contributed by atoms with Gasteiger partial charge in [0.2, 0.25) is 0 Å². The van der Waals surface area contributed by atoms with Crippen LogP contribution in [0.3, 0.4) is 0 Å². The second-order valence-electron chi connectivity index (χ2n) is 7.86. The highest BCUT2D eigenvalue weighted by atomic mass is 15.1. The van der Waals surface area contributed by atoms with E-state index in [1.807, 2.05) is 6.07 Å². The van der Waals surface area contributed by atoms with Crippen LogP contribution in [0.4, 0.5) is 17.1 Å². The minimum atomic E-state index is 0.0918. The molecule has 0 saturated carbocycles.